The van der Waals surface area contributed by atoms with E-state index in [0.29, 0.717) is 29.2 Å². The van der Waals surface area contributed by atoms with Crippen LogP contribution in [0.15, 0.2) is 22.6 Å². The van der Waals surface area contributed by atoms with Crippen LogP contribution in [0.4, 0.5) is 5.69 Å². The van der Waals surface area contributed by atoms with E-state index in [4.69, 9.17) is 4.42 Å². The average Bonchev–Trinajstić information content (AvgIpc) is 3.31. The highest BCUT2D eigenvalue weighted by Crippen LogP contribution is 2.40. The largest absolute Gasteiger partial charge is 0.440 e. The van der Waals surface area contributed by atoms with E-state index in [1.165, 1.54) is 0 Å². The summed E-state index contributed by atoms with van der Waals surface area (Å²) in [5, 5.41) is 14.6. The van der Waals surface area contributed by atoms with Crippen LogP contribution in [-0.2, 0) is 9.59 Å². The fraction of sp³-hybridized carbons (Fsp3) is 0.471. The molecule has 1 atom stereocenters. The van der Waals surface area contributed by atoms with Crippen LogP contribution in [0.3, 0.4) is 0 Å². The fourth-order valence-electron chi connectivity index (χ4n) is 2.49. The number of nitrogens with one attached hydrogen (secondary N) is 2. The van der Waals surface area contributed by atoms with Gasteiger partial charge in [0.25, 0.3) is 0 Å². The maximum atomic E-state index is 11.9. The number of benzene rings is 1. The lowest BCUT2D eigenvalue weighted by Crippen LogP contribution is -2.42. The highest BCUT2D eigenvalue weighted by Gasteiger charge is 2.29. The van der Waals surface area contributed by atoms with Gasteiger partial charge in [-0.2, -0.15) is 0 Å². The van der Waals surface area contributed by atoms with Crippen molar-refractivity contribution in [2.75, 3.05) is 32.5 Å². The molecule has 0 spiro atoms. The molecule has 2 amide bonds. The third-order valence-electron chi connectivity index (χ3n) is 3.87. The van der Waals surface area contributed by atoms with Crippen molar-refractivity contribution < 1.29 is 19.1 Å². The number of aliphatic hydroxyl groups is 1. The summed E-state index contributed by atoms with van der Waals surface area (Å²) in [5.41, 5.74) is 1.79. The second-order valence-electron chi connectivity index (χ2n) is 6.59. The summed E-state index contributed by atoms with van der Waals surface area (Å²) in [6.45, 7) is 0.408. The number of carbonyl (C=O) groups excluding carboxylic acids is 2. The minimum atomic E-state index is -0.795. The maximum absolute atomic E-state index is 11.9. The first kappa shape index (κ1) is 17.4. The number of nitrogens with zero attached hydrogens (tertiary/aromatic N) is 2. The predicted molar refractivity (Wildman–Crippen MR) is 92.2 cm³/mol. The Hall–Kier alpha value is -2.45. The molecule has 0 unspecified atom stereocenters. The van der Waals surface area contributed by atoms with Gasteiger partial charge in [-0.3, -0.25) is 9.59 Å². The zero-order chi connectivity index (χ0) is 18.0. The zero-order valence-electron chi connectivity index (χ0n) is 14.3. The molecule has 0 aliphatic heterocycles. The number of rotatable bonds is 6. The van der Waals surface area contributed by atoms with Crippen LogP contribution in [0.1, 0.15) is 24.7 Å². The number of aromatic nitrogens is 1. The highest BCUT2D eigenvalue weighted by atomic mass is 16.3. The van der Waals surface area contributed by atoms with Gasteiger partial charge in [0.15, 0.2) is 11.5 Å². The lowest BCUT2D eigenvalue weighted by atomic mass is 10.3. The van der Waals surface area contributed by atoms with Crippen LogP contribution >= 0.6 is 0 Å². The lowest BCUT2D eigenvalue weighted by Gasteiger charge is -2.16. The summed E-state index contributed by atoms with van der Waals surface area (Å²) in [5.74, 6) is -0.449. The first-order valence-corrected chi connectivity index (χ1v) is 8.25. The Labute approximate surface area is 145 Å². The van der Waals surface area contributed by atoms with Crippen molar-refractivity contribution in [2.24, 2.45) is 0 Å². The Morgan fingerprint density at radius 1 is 1.36 bits per heavy atom. The molecule has 25 heavy (non-hydrogen) atoms. The van der Waals surface area contributed by atoms with Crippen molar-refractivity contribution in [3.8, 4) is 0 Å². The summed E-state index contributed by atoms with van der Waals surface area (Å²) < 4.78 is 5.66. The standard InChI is InChI=1S/C17H22N4O4/c1-21(2)9-12(22)8-18-15(23)16(24)19-11-5-6-14-13(7-11)20-17(25-14)10-3-4-10/h5-7,10,12,22H,3-4,8-9H2,1-2H3,(H,18,23)(H,19,24)/t12-/m0/s1. The average molecular weight is 346 g/mol. The molecule has 8 heteroatoms. The normalized spacial score (nSPS) is 15.4. The van der Waals surface area contributed by atoms with Crippen molar-refractivity contribution in [3.63, 3.8) is 0 Å². The van der Waals surface area contributed by atoms with Crippen molar-refractivity contribution in [1.82, 2.24) is 15.2 Å². The molecule has 0 bridgehead atoms. The summed E-state index contributed by atoms with van der Waals surface area (Å²) in [6, 6.07) is 5.07. The SMILES string of the molecule is CN(C)C[C@@H](O)CNC(=O)C(=O)Nc1ccc2oc(C3CC3)nc2c1. The highest BCUT2D eigenvalue weighted by molar-refractivity contribution is 6.39. The number of hydrogen-bond acceptors (Lipinski definition) is 6. The first-order valence-electron chi connectivity index (χ1n) is 8.25. The van der Waals surface area contributed by atoms with Gasteiger partial charge in [-0.15, -0.1) is 0 Å². The van der Waals surface area contributed by atoms with Gasteiger partial charge in [0, 0.05) is 24.7 Å². The van der Waals surface area contributed by atoms with E-state index < -0.39 is 17.9 Å². The van der Waals surface area contributed by atoms with Crippen LogP contribution in [0.2, 0.25) is 0 Å². The number of amides is 2. The second-order valence-corrected chi connectivity index (χ2v) is 6.59. The monoisotopic (exact) mass is 346 g/mol. The van der Waals surface area contributed by atoms with E-state index in [0.717, 1.165) is 18.7 Å². The molecule has 3 rings (SSSR count). The topological polar surface area (TPSA) is 108 Å². The number of anilines is 1. The Bertz CT molecular complexity index is 782. The van der Waals surface area contributed by atoms with Crippen molar-refractivity contribution in [2.45, 2.75) is 24.9 Å². The molecule has 0 saturated heterocycles. The van der Waals surface area contributed by atoms with Gasteiger partial charge in [0.2, 0.25) is 0 Å². The number of aliphatic hydroxyl groups excluding tert-OH is 1. The molecular weight excluding hydrogens is 324 g/mol. The number of oxazole rings is 1. The molecule has 8 nitrogen and oxygen atoms in total. The van der Waals surface area contributed by atoms with Gasteiger partial charge < -0.3 is 25.1 Å². The number of likely N-dealkylation sites (N-methyl/N-ethyl adjacent to an activating group) is 1. The fourth-order valence-corrected chi connectivity index (χ4v) is 2.49. The van der Waals surface area contributed by atoms with E-state index in [-0.39, 0.29) is 6.54 Å². The molecule has 2 aromatic rings. The Morgan fingerprint density at radius 2 is 2.12 bits per heavy atom. The molecule has 1 saturated carbocycles. The van der Waals surface area contributed by atoms with E-state index in [9.17, 15) is 14.7 Å². The quantitative estimate of drug-likeness (QED) is 0.664. The molecule has 1 aliphatic rings. The lowest BCUT2D eigenvalue weighted by molar-refractivity contribution is -0.136. The van der Waals surface area contributed by atoms with Crippen LogP contribution in [0, 0.1) is 0 Å². The Morgan fingerprint density at radius 3 is 2.80 bits per heavy atom. The van der Waals surface area contributed by atoms with Crippen molar-refractivity contribution in [1.29, 1.82) is 0 Å². The maximum Gasteiger partial charge on any atom is 0.313 e. The second kappa shape index (κ2) is 7.20. The molecule has 1 aromatic carbocycles. The minimum absolute atomic E-state index is 0.0114. The number of carbonyl (C=O) groups is 2. The van der Waals surface area contributed by atoms with E-state index >= 15 is 0 Å². The van der Waals surface area contributed by atoms with E-state index in [1.54, 1.807) is 23.1 Å². The first-order chi connectivity index (χ1) is 11.9. The van der Waals surface area contributed by atoms with Crippen LogP contribution < -0.4 is 10.6 Å². The molecule has 1 heterocycles. The van der Waals surface area contributed by atoms with Gasteiger partial charge >= 0.3 is 11.8 Å². The third-order valence-corrected chi connectivity index (χ3v) is 3.87. The van der Waals surface area contributed by atoms with Crippen LogP contribution in [-0.4, -0.2) is 60.1 Å². The predicted octanol–water partition coefficient (Wildman–Crippen LogP) is 0.682. The molecule has 1 aliphatic carbocycles. The summed E-state index contributed by atoms with van der Waals surface area (Å²) in [7, 11) is 3.62. The zero-order valence-corrected chi connectivity index (χ0v) is 14.3. The van der Waals surface area contributed by atoms with Crippen molar-refractivity contribution in [3.05, 3.63) is 24.1 Å². The minimum Gasteiger partial charge on any atom is -0.440 e. The Balaban J connectivity index is 1.56. The molecular formula is C17H22N4O4. The molecule has 1 fully saturated rings. The van der Waals surface area contributed by atoms with Crippen molar-refractivity contribution >= 4 is 28.6 Å². The number of fused-ring (bicyclic) bond motifs is 1. The molecule has 1 aromatic heterocycles. The van der Waals surface area contributed by atoms with Gasteiger partial charge in [-0.25, -0.2) is 4.98 Å². The smallest absolute Gasteiger partial charge is 0.313 e. The summed E-state index contributed by atoms with van der Waals surface area (Å²) in [6.07, 6.45) is 1.45. The van der Waals surface area contributed by atoms with Crippen LogP contribution in [0.25, 0.3) is 11.1 Å². The van der Waals surface area contributed by atoms with E-state index in [2.05, 4.69) is 15.6 Å². The Kier molecular flexibility index (Phi) is 5.00. The molecule has 0 radical (unpaired) electrons. The molecule has 3 N–H and O–H groups in total. The summed E-state index contributed by atoms with van der Waals surface area (Å²) >= 11 is 0. The van der Waals surface area contributed by atoms with Gasteiger partial charge in [-0.1, -0.05) is 0 Å². The van der Waals surface area contributed by atoms with Gasteiger partial charge in [-0.05, 0) is 45.1 Å². The molecule has 134 valence electrons. The van der Waals surface area contributed by atoms with E-state index in [1.807, 2.05) is 14.1 Å². The van der Waals surface area contributed by atoms with Gasteiger partial charge in [0.1, 0.15) is 5.52 Å². The van der Waals surface area contributed by atoms with Crippen LogP contribution in [0.5, 0.6) is 0 Å². The van der Waals surface area contributed by atoms with Gasteiger partial charge in [0.05, 0.1) is 6.10 Å². The number of hydrogen-bond donors (Lipinski definition) is 3. The summed E-state index contributed by atoms with van der Waals surface area (Å²) in [4.78, 5) is 30.0. The third kappa shape index (κ3) is 4.55.